The molecule has 0 bridgehead atoms. The minimum atomic E-state index is -4.64. The van der Waals surface area contributed by atoms with Gasteiger partial charge in [-0.1, -0.05) is 24.3 Å². The fourth-order valence-electron chi connectivity index (χ4n) is 4.03. The molecule has 1 aromatic heterocycles. The summed E-state index contributed by atoms with van der Waals surface area (Å²) < 4.78 is 36.7. The van der Waals surface area contributed by atoms with E-state index in [-0.39, 0.29) is 0 Å². The zero-order valence-electron chi connectivity index (χ0n) is 19.8. The molecule has 1 aromatic carbocycles. The van der Waals surface area contributed by atoms with E-state index in [4.69, 9.17) is 14.5 Å². The van der Waals surface area contributed by atoms with E-state index in [1.807, 2.05) is 6.20 Å². The molecule has 9 heteroatoms. The van der Waals surface area contributed by atoms with Crippen molar-refractivity contribution in [3.63, 3.8) is 0 Å². The molecule has 2 aliphatic heterocycles. The quantitative estimate of drug-likeness (QED) is 0.609. The number of hydrogen-bond donors (Lipinski definition) is 0. The number of rotatable bonds is 5. The van der Waals surface area contributed by atoms with E-state index in [9.17, 15) is 13.2 Å². The molecular formula is C25H33F3N4O2. The number of anilines is 1. The standard InChI is InChI=1S/C23H32N4O.C2HF3O/c1-19(2)26-9-11-27(12-10-26)23-8-7-22(17-24-23)21-5-3-20(4-6-21)18-25-13-15-28-16-14-25;3-2(4,5)1-6/h3-8,17,19H,9-16,18H2,1-2H3;1H. The zero-order valence-corrected chi connectivity index (χ0v) is 19.8. The van der Waals surface area contributed by atoms with Crippen molar-refractivity contribution in [3.8, 4) is 11.1 Å². The molecule has 2 fully saturated rings. The average molecular weight is 479 g/mol. The minimum Gasteiger partial charge on any atom is -0.379 e. The Bertz CT molecular complexity index is 875. The number of carbonyl (C=O) groups excluding carboxylic acids is 1. The van der Waals surface area contributed by atoms with Crippen molar-refractivity contribution in [3.05, 3.63) is 48.2 Å². The van der Waals surface area contributed by atoms with Gasteiger partial charge < -0.3 is 9.64 Å². The fourth-order valence-corrected chi connectivity index (χ4v) is 4.03. The molecule has 2 aromatic rings. The summed E-state index contributed by atoms with van der Waals surface area (Å²) in [5.41, 5.74) is 3.77. The summed E-state index contributed by atoms with van der Waals surface area (Å²) in [7, 11) is 0. The van der Waals surface area contributed by atoms with Gasteiger partial charge in [0, 0.05) is 63.6 Å². The molecule has 34 heavy (non-hydrogen) atoms. The highest BCUT2D eigenvalue weighted by atomic mass is 19.4. The largest absolute Gasteiger partial charge is 0.446 e. The maximum atomic E-state index is 10.4. The second kappa shape index (κ2) is 12.3. The van der Waals surface area contributed by atoms with Crippen molar-refractivity contribution >= 4 is 12.1 Å². The van der Waals surface area contributed by atoms with Gasteiger partial charge in [0.15, 0.2) is 0 Å². The number of ether oxygens (including phenoxy) is 1. The van der Waals surface area contributed by atoms with Gasteiger partial charge in [-0.3, -0.25) is 14.6 Å². The molecule has 0 aliphatic carbocycles. The Morgan fingerprint density at radius 3 is 2.03 bits per heavy atom. The molecule has 6 nitrogen and oxygen atoms in total. The molecule has 0 unspecified atom stereocenters. The highest BCUT2D eigenvalue weighted by Gasteiger charge is 2.25. The Balaban J connectivity index is 0.000000481. The molecule has 0 saturated carbocycles. The van der Waals surface area contributed by atoms with Gasteiger partial charge in [-0.25, -0.2) is 4.98 Å². The topological polar surface area (TPSA) is 48.9 Å². The molecule has 186 valence electrons. The predicted octanol–water partition coefficient (Wildman–Crippen LogP) is 3.86. The lowest BCUT2D eigenvalue weighted by atomic mass is 10.1. The summed E-state index contributed by atoms with van der Waals surface area (Å²) in [4.78, 5) is 20.8. The first-order valence-electron chi connectivity index (χ1n) is 11.6. The van der Waals surface area contributed by atoms with Gasteiger partial charge >= 0.3 is 6.18 Å². The Hall–Kier alpha value is -2.49. The highest BCUT2D eigenvalue weighted by molar-refractivity contribution is 5.64. The molecule has 4 rings (SSSR count). The van der Waals surface area contributed by atoms with Crippen LogP contribution in [0.5, 0.6) is 0 Å². The normalized spacial score (nSPS) is 17.9. The Morgan fingerprint density at radius 2 is 1.53 bits per heavy atom. The predicted molar refractivity (Wildman–Crippen MR) is 127 cm³/mol. The van der Waals surface area contributed by atoms with Gasteiger partial charge in [0.1, 0.15) is 5.82 Å². The number of aromatic nitrogens is 1. The third-order valence-electron chi connectivity index (χ3n) is 6.05. The first-order valence-corrected chi connectivity index (χ1v) is 11.6. The molecule has 0 atom stereocenters. The summed E-state index contributed by atoms with van der Waals surface area (Å²) in [5, 5.41) is 0. The Morgan fingerprint density at radius 1 is 0.941 bits per heavy atom. The zero-order chi connectivity index (χ0) is 24.6. The van der Waals surface area contributed by atoms with Crippen LogP contribution in [-0.4, -0.2) is 85.8 Å². The number of piperazine rings is 1. The molecule has 2 aliphatic rings. The van der Waals surface area contributed by atoms with Crippen molar-refractivity contribution in [2.75, 3.05) is 57.4 Å². The van der Waals surface area contributed by atoms with Crippen molar-refractivity contribution in [2.45, 2.75) is 32.6 Å². The number of halogens is 3. The monoisotopic (exact) mass is 478 g/mol. The third-order valence-corrected chi connectivity index (χ3v) is 6.05. The molecule has 3 heterocycles. The van der Waals surface area contributed by atoms with Crippen LogP contribution in [0.3, 0.4) is 0 Å². The minimum absolute atomic E-state index is 0.628. The molecule has 0 radical (unpaired) electrons. The van der Waals surface area contributed by atoms with Crippen LogP contribution in [0.25, 0.3) is 11.1 Å². The average Bonchev–Trinajstić information content (AvgIpc) is 2.85. The lowest BCUT2D eigenvalue weighted by Crippen LogP contribution is -2.49. The van der Waals surface area contributed by atoms with Crippen LogP contribution in [0.4, 0.5) is 19.0 Å². The lowest BCUT2D eigenvalue weighted by molar-refractivity contribution is -0.156. The number of alkyl halides is 3. The van der Waals surface area contributed by atoms with Crippen molar-refractivity contribution < 1.29 is 22.7 Å². The number of morpholine rings is 1. The fraction of sp³-hybridized carbons (Fsp3) is 0.520. The van der Waals surface area contributed by atoms with Gasteiger partial charge in [0.2, 0.25) is 6.29 Å². The first kappa shape index (κ1) is 26.1. The summed E-state index contributed by atoms with van der Waals surface area (Å²) in [5.74, 6) is 1.09. The second-order valence-electron chi connectivity index (χ2n) is 8.77. The lowest BCUT2D eigenvalue weighted by Gasteiger charge is -2.37. The summed E-state index contributed by atoms with van der Waals surface area (Å²) in [6.45, 7) is 13.6. The molecule has 0 N–H and O–H groups in total. The Labute approximate surface area is 199 Å². The van der Waals surface area contributed by atoms with Crippen LogP contribution < -0.4 is 4.90 Å². The maximum Gasteiger partial charge on any atom is 0.446 e. The van der Waals surface area contributed by atoms with Gasteiger partial charge in [0.25, 0.3) is 0 Å². The third kappa shape index (κ3) is 8.07. The molecule has 0 spiro atoms. The van der Waals surface area contributed by atoms with Gasteiger partial charge in [-0.15, -0.1) is 0 Å². The molecular weight excluding hydrogens is 445 g/mol. The van der Waals surface area contributed by atoms with Crippen LogP contribution in [0.2, 0.25) is 0 Å². The van der Waals surface area contributed by atoms with Gasteiger partial charge in [0.05, 0.1) is 13.2 Å². The Kier molecular flexibility index (Phi) is 9.44. The second-order valence-corrected chi connectivity index (χ2v) is 8.77. The first-order chi connectivity index (χ1) is 16.2. The summed E-state index contributed by atoms with van der Waals surface area (Å²) >= 11 is 0. The van der Waals surface area contributed by atoms with E-state index in [1.165, 1.54) is 16.7 Å². The van der Waals surface area contributed by atoms with E-state index in [2.05, 4.69) is 64.9 Å². The van der Waals surface area contributed by atoms with Crippen LogP contribution in [-0.2, 0) is 16.1 Å². The summed E-state index contributed by atoms with van der Waals surface area (Å²) in [6, 6.07) is 13.9. The molecule has 2 saturated heterocycles. The van der Waals surface area contributed by atoms with E-state index in [1.54, 1.807) is 0 Å². The van der Waals surface area contributed by atoms with E-state index in [0.29, 0.717) is 6.04 Å². The van der Waals surface area contributed by atoms with E-state index in [0.717, 1.165) is 64.8 Å². The van der Waals surface area contributed by atoms with Crippen molar-refractivity contribution in [2.24, 2.45) is 0 Å². The van der Waals surface area contributed by atoms with Crippen LogP contribution in [0.15, 0.2) is 42.6 Å². The number of hydrogen-bond acceptors (Lipinski definition) is 6. The summed E-state index contributed by atoms with van der Waals surface area (Å²) in [6.07, 6.45) is -3.69. The highest BCUT2D eigenvalue weighted by Crippen LogP contribution is 2.23. The number of carbonyl (C=O) groups is 1. The van der Waals surface area contributed by atoms with Gasteiger partial charge in [-0.05, 0) is 37.1 Å². The van der Waals surface area contributed by atoms with Crippen molar-refractivity contribution in [1.29, 1.82) is 0 Å². The molecule has 0 amide bonds. The van der Waals surface area contributed by atoms with Gasteiger partial charge in [-0.2, -0.15) is 13.2 Å². The number of pyridine rings is 1. The van der Waals surface area contributed by atoms with E-state index < -0.39 is 12.5 Å². The maximum absolute atomic E-state index is 10.4. The SMILES string of the molecule is CC(C)N1CCN(c2ccc(-c3ccc(CN4CCOCC4)cc3)cn2)CC1.O=CC(F)(F)F. The number of benzene rings is 1. The van der Waals surface area contributed by atoms with Crippen molar-refractivity contribution in [1.82, 2.24) is 14.8 Å². The van der Waals surface area contributed by atoms with Crippen LogP contribution >= 0.6 is 0 Å². The number of nitrogens with zero attached hydrogens (tertiary/aromatic N) is 4. The van der Waals surface area contributed by atoms with Crippen LogP contribution in [0.1, 0.15) is 19.4 Å². The smallest absolute Gasteiger partial charge is 0.379 e. The number of aldehydes is 1. The van der Waals surface area contributed by atoms with Crippen LogP contribution in [0, 0.1) is 0 Å². The van der Waals surface area contributed by atoms with E-state index >= 15 is 0 Å².